The third kappa shape index (κ3) is 3.06. The molecule has 0 aromatic carbocycles. The first-order valence-electron chi connectivity index (χ1n) is 5.25. The second-order valence-electron chi connectivity index (χ2n) is 3.62. The maximum atomic E-state index is 5.87. The van der Waals surface area contributed by atoms with Crippen molar-refractivity contribution < 1.29 is 0 Å². The van der Waals surface area contributed by atoms with Crippen LogP contribution in [0.25, 0.3) is 0 Å². The van der Waals surface area contributed by atoms with Crippen molar-refractivity contribution in [2.24, 2.45) is 0 Å². The van der Waals surface area contributed by atoms with Gasteiger partial charge in [-0.3, -0.25) is 0 Å². The Hall–Kier alpha value is -1.35. The summed E-state index contributed by atoms with van der Waals surface area (Å²) < 4.78 is 0. The Morgan fingerprint density at radius 1 is 1.67 bits per heavy atom. The van der Waals surface area contributed by atoms with E-state index < -0.39 is 0 Å². The number of rotatable bonds is 5. The summed E-state index contributed by atoms with van der Waals surface area (Å²) in [5.74, 6) is 0.605. The largest absolute Gasteiger partial charge is 0.383 e. The molecule has 0 amide bonds. The molecule has 0 saturated heterocycles. The molecule has 1 atom stereocenters. The van der Waals surface area contributed by atoms with E-state index >= 15 is 0 Å². The van der Waals surface area contributed by atoms with E-state index in [4.69, 9.17) is 5.73 Å². The Bertz CT molecular complexity index is 334. The van der Waals surface area contributed by atoms with Gasteiger partial charge >= 0.3 is 0 Å². The van der Waals surface area contributed by atoms with Crippen molar-refractivity contribution in [3.8, 4) is 0 Å². The first-order chi connectivity index (χ1) is 7.19. The predicted molar refractivity (Wildman–Crippen MR) is 64.6 cm³/mol. The van der Waals surface area contributed by atoms with Crippen molar-refractivity contribution >= 4 is 5.82 Å². The van der Waals surface area contributed by atoms with Gasteiger partial charge in [-0.2, -0.15) is 0 Å². The van der Waals surface area contributed by atoms with Gasteiger partial charge in [-0.1, -0.05) is 13.0 Å². The molecule has 0 aliphatic carbocycles. The quantitative estimate of drug-likeness (QED) is 0.724. The molecule has 0 fully saturated rings. The lowest BCUT2D eigenvalue weighted by Crippen LogP contribution is -2.21. The van der Waals surface area contributed by atoms with Crippen molar-refractivity contribution in [2.75, 3.05) is 12.3 Å². The average Bonchev–Trinajstić information content (AvgIpc) is 2.21. The number of hydrogen-bond donors (Lipinski definition) is 2. The summed E-state index contributed by atoms with van der Waals surface area (Å²) in [6, 6.07) is 2.30. The SMILES string of the molecule is C=CCC(NCC)c1cc(C)cnc1N. The van der Waals surface area contributed by atoms with E-state index in [1.165, 1.54) is 0 Å². The maximum Gasteiger partial charge on any atom is 0.128 e. The lowest BCUT2D eigenvalue weighted by molar-refractivity contribution is 0.559. The van der Waals surface area contributed by atoms with Crippen LogP contribution in [0.3, 0.4) is 0 Å². The van der Waals surface area contributed by atoms with E-state index in [9.17, 15) is 0 Å². The summed E-state index contributed by atoms with van der Waals surface area (Å²) in [7, 11) is 0. The van der Waals surface area contributed by atoms with Gasteiger partial charge in [0.25, 0.3) is 0 Å². The molecule has 0 spiro atoms. The van der Waals surface area contributed by atoms with E-state index in [0.29, 0.717) is 5.82 Å². The fourth-order valence-electron chi connectivity index (χ4n) is 1.61. The summed E-state index contributed by atoms with van der Waals surface area (Å²) in [4.78, 5) is 4.17. The second-order valence-corrected chi connectivity index (χ2v) is 3.62. The third-order valence-electron chi connectivity index (χ3n) is 2.31. The maximum absolute atomic E-state index is 5.87. The van der Waals surface area contributed by atoms with E-state index in [0.717, 1.165) is 24.1 Å². The highest BCUT2D eigenvalue weighted by molar-refractivity contribution is 5.43. The molecule has 1 rings (SSSR count). The second kappa shape index (κ2) is 5.51. The van der Waals surface area contributed by atoms with Crippen LogP contribution in [0.1, 0.15) is 30.5 Å². The first-order valence-corrected chi connectivity index (χ1v) is 5.25. The Balaban J connectivity index is 2.97. The zero-order valence-corrected chi connectivity index (χ0v) is 9.46. The molecule has 3 N–H and O–H groups in total. The van der Waals surface area contributed by atoms with Gasteiger partial charge in [-0.05, 0) is 31.5 Å². The molecule has 1 aromatic heterocycles. The van der Waals surface area contributed by atoms with Crippen molar-refractivity contribution in [1.29, 1.82) is 0 Å². The van der Waals surface area contributed by atoms with Crippen LogP contribution in [0.4, 0.5) is 5.82 Å². The number of aryl methyl sites for hydroxylation is 1. The monoisotopic (exact) mass is 205 g/mol. The summed E-state index contributed by atoms with van der Waals surface area (Å²) in [5, 5.41) is 3.38. The highest BCUT2D eigenvalue weighted by Gasteiger charge is 2.12. The summed E-state index contributed by atoms with van der Waals surface area (Å²) in [6.45, 7) is 8.77. The molecule has 0 aliphatic rings. The van der Waals surface area contributed by atoms with Gasteiger partial charge in [0, 0.05) is 17.8 Å². The molecule has 0 saturated carbocycles. The molecule has 1 unspecified atom stereocenters. The standard InChI is InChI=1S/C12H19N3/c1-4-6-11(14-5-2)10-7-9(3)8-15-12(10)13/h4,7-8,11,14H,1,5-6H2,2-3H3,(H2,13,15). The van der Waals surface area contributed by atoms with Crippen molar-refractivity contribution in [3.05, 3.63) is 36.0 Å². The molecule has 15 heavy (non-hydrogen) atoms. The van der Waals surface area contributed by atoms with Crippen LogP contribution in [0.15, 0.2) is 24.9 Å². The van der Waals surface area contributed by atoms with E-state index in [1.54, 1.807) is 6.20 Å². The number of pyridine rings is 1. The van der Waals surface area contributed by atoms with Gasteiger partial charge < -0.3 is 11.1 Å². The summed E-state index contributed by atoms with van der Waals surface area (Å²) in [6.07, 6.45) is 4.55. The molecule has 0 radical (unpaired) electrons. The number of hydrogen-bond acceptors (Lipinski definition) is 3. The van der Waals surface area contributed by atoms with Crippen molar-refractivity contribution in [2.45, 2.75) is 26.3 Å². The summed E-state index contributed by atoms with van der Waals surface area (Å²) in [5.41, 5.74) is 8.06. The number of nitrogen functional groups attached to an aromatic ring is 1. The van der Waals surface area contributed by atoms with Crippen molar-refractivity contribution in [1.82, 2.24) is 10.3 Å². The Morgan fingerprint density at radius 3 is 3.00 bits per heavy atom. The van der Waals surface area contributed by atoms with E-state index in [-0.39, 0.29) is 6.04 Å². The van der Waals surface area contributed by atoms with Gasteiger partial charge in [-0.25, -0.2) is 4.98 Å². The lowest BCUT2D eigenvalue weighted by Gasteiger charge is -2.18. The first kappa shape index (κ1) is 11.7. The van der Waals surface area contributed by atoms with Crippen LogP contribution in [0.2, 0.25) is 0 Å². The van der Waals surface area contributed by atoms with Crippen LogP contribution < -0.4 is 11.1 Å². The molecule has 0 aliphatic heterocycles. The normalized spacial score (nSPS) is 12.4. The number of nitrogens with zero attached hydrogens (tertiary/aromatic N) is 1. The topological polar surface area (TPSA) is 50.9 Å². The Morgan fingerprint density at radius 2 is 2.40 bits per heavy atom. The van der Waals surface area contributed by atoms with Crippen LogP contribution in [-0.4, -0.2) is 11.5 Å². The fourth-order valence-corrected chi connectivity index (χ4v) is 1.61. The number of nitrogens with one attached hydrogen (secondary N) is 1. The fraction of sp³-hybridized carbons (Fsp3) is 0.417. The molecule has 82 valence electrons. The average molecular weight is 205 g/mol. The number of nitrogens with two attached hydrogens (primary N) is 1. The Labute approximate surface area is 91.4 Å². The molecule has 3 heteroatoms. The van der Waals surface area contributed by atoms with E-state index in [2.05, 4.69) is 29.9 Å². The zero-order valence-electron chi connectivity index (χ0n) is 9.46. The van der Waals surface area contributed by atoms with Crippen LogP contribution in [-0.2, 0) is 0 Å². The minimum absolute atomic E-state index is 0.222. The Kier molecular flexibility index (Phi) is 4.31. The smallest absolute Gasteiger partial charge is 0.128 e. The predicted octanol–water partition coefficient (Wildman–Crippen LogP) is 2.20. The van der Waals surface area contributed by atoms with E-state index in [1.807, 2.05) is 13.0 Å². The highest BCUT2D eigenvalue weighted by Crippen LogP contribution is 2.22. The molecule has 1 heterocycles. The highest BCUT2D eigenvalue weighted by atomic mass is 14.9. The van der Waals surface area contributed by atoms with Gasteiger partial charge in [0.15, 0.2) is 0 Å². The number of aromatic nitrogens is 1. The van der Waals surface area contributed by atoms with Gasteiger partial charge in [0.1, 0.15) is 5.82 Å². The molecular weight excluding hydrogens is 186 g/mol. The zero-order chi connectivity index (χ0) is 11.3. The van der Waals surface area contributed by atoms with Gasteiger partial charge in [0.2, 0.25) is 0 Å². The number of anilines is 1. The third-order valence-corrected chi connectivity index (χ3v) is 2.31. The van der Waals surface area contributed by atoms with Gasteiger partial charge in [0.05, 0.1) is 0 Å². The molecule has 3 nitrogen and oxygen atoms in total. The minimum Gasteiger partial charge on any atom is -0.383 e. The lowest BCUT2D eigenvalue weighted by atomic mass is 10.0. The summed E-state index contributed by atoms with van der Waals surface area (Å²) >= 11 is 0. The van der Waals surface area contributed by atoms with Crippen LogP contribution in [0.5, 0.6) is 0 Å². The van der Waals surface area contributed by atoms with Crippen LogP contribution >= 0.6 is 0 Å². The molecule has 0 bridgehead atoms. The molecular formula is C12H19N3. The van der Waals surface area contributed by atoms with Crippen LogP contribution in [0, 0.1) is 6.92 Å². The van der Waals surface area contributed by atoms with Gasteiger partial charge in [-0.15, -0.1) is 6.58 Å². The molecule has 1 aromatic rings. The van der Waals surface area contributed by atoms with Crippen molar-refractivity contribution in [3.63, 3.8) is 0 Å². The minimum atomic E-state index is 0.222.